The molecule has 2 aromatic carbocycles. The van der Waals surface area contributed by atoms with Crippen molar-refractivity contribution in [2.75, 3.05) is 11.9 Å². The normalized spacial score (nSPS) is 11.4. The Morgan fingerprint density at radius 1 is 1.08 bits per heavy atom. The lowest BCUT2D eigenvalue weighted by atomic mass is 10.1. The molecule has 0 spiro atoms. The number of hydrogen-bond donors (Lipinski definition) is 3. The van der Waals surface area contributed by atoms with E-state index in [0.717, 1.165) is 11.3 Å². The summed E-state index contributed by atoms with van der Waals surface area (Å²) in [6.45, 7) is 4.46. The van der Waals surface area contributed by atoms with Gasteiger partial charge in [-0.1, -0.05) is 12.1 Å². The summed E-state index contributed by atoms with van der Waals surface area (Å²) in [5.74, 6) is 0.610. The highest BCUT2D eigenvalue weighted by Crippen LogP contribution is 2.18. The van der Waals surface area contributed by atoms with Crippen molar-refractivity contribution in [2.24, 2.45) is 5.73 Å². The van der Waals surface area contributed by atoms with Crippen LogP contribution in [0.1, 0.15) is 35.8 Å². The summed E-state index contributed by atoms with van der Waals surface area (Å²) >= 11 is 0. The second kappa shape index (κ2) is 8.01. The van der Waals surface area contributed by atoms with Crippen LogP contribution in [0.5, 0.6) is 5.75 Å². The summed E-state index contributed by atoms with van der Waals surface area (Å²) in [6, 6.07) is 13.3. The molecule has 2 aromatic rings. The van der Waals surface area contributed by atoms with Crippen LogP contribution in [0.25, 0.3) is 0 Å². The smallest absolute Gasteiger partial charge is 0.316 e. The molecule has 1 unspecified atom stereocenters. The predicted octanol–water partition coefficient (Wildman–Crippen LogP) is 3.07. The summed E-state index contributed by atoms with van der Waals surface area (Å²) in [5.41, 5.74) is 7.07. The SMILES string of the molecule is CCOc1ccc(C(C)NC(=O)c2ccc(NC(N)=O)cc2)cc1. The number of amides is 3. The number of urea groups is 1. The van der Waals surface area contributed by atoms with Crippen LogP contribution in [0.3, 0.4) is 0 Å². The minimum absolute atomic E-state index is 0.142. The van der Waals surface area contributed by atoms with E-state index in [4.69, 9.17) is 10.5 Å². The molecule has 2 rings (SSSR count). The van der Waals surface area contributed by atoms with E-state index in [1.54, 1.807) is 24.3 Å². The fourth-order valence-electron chi connectivity index (χ4n) is 2.23. The second-order valence-electron chi connectivity index (χ2n) is 5.26. The molecule has 0 fully saturated rings. The van der Waals surface area contributed by atoms with Crippen molar-refractivity contribution in [2.45, 2.75) is 19.9 Å². The molecule has 1 atom stereocenters. The van der Waals surface area contributed by atoms with Gasteiger partial charge in [-0.25, -0.2) is 4.79 Å². The Hall–Kier alpha value is -3.02. The molecule has 0 radical (unpaired) electrons. The fraction of sp³-hybridized carbons (Fsp3) is 0.222. The minimum atomic E-state index is -0.642. The number of nitrogens with two attached hydrogens (primary N) is 1. The largest absolute Gasteiger partial charge is 0.494 e. The molecule has 0 saturated heterocycles. The first-order valence-corrected chi connectivity index (χ1v) is 7.69. The number of rotatable bonds is 6. The number of nitrogens with one attached hydrogen (secondary N) is 2. The van der Waals surface area contributed by atoms with Gasteiger partial charge in [-0.15, -0.1) is 0 Å². The molecule has 24 heavy (non-hydrogen) atoms. The van der Waals surface area contributed by atoms with E-state index < -0.39 is 6.03 Å². The first-order valence-electron chi connectivity index (χ1n) is 7.69. The van der Waals surface area contributed by atoms with Gasteiger partial charge in [0.25, 0.3) is 5.91 Å². The zero-order chi connectivity index (χ0) is 17.5. The molecular weight excluding hydrogens is 306 g/mol. The molecule has 0 heterocycles. The Balaban J connectivity index is 1.98. The van der Waals surface area contributed by atoms with Crippen LogP contribution in [-0.2, 0) is 0 Å². The molecule has 0 aromatic heterocycles. The highest BCUT2D eigenvalue weighted by molar-refractivity contribution is 5.95. The van der Waals surface area contributed by atoms with E-state index in [2.05, 4.69) is 10.6 Å². The first-order chi connectivity index (χ1) is 11.5. The average molecular weight is 327 g/mol. The van der Waals surface area contributed by atoms with E-state index in [-0.39, 0.29) is 11.9 Å². The molecule has 0 aliphatic rings. The summed E-state index contributed by atoms with van der Waals surface area (Å²) in [5, 5.41) is 5.38. The fourth-order valence-corrected chi connectivity index (χ4v) is 2.23. The lowest BCUT2D eigenvalue weighted by Crippen LogP contribution is -2.26. The van der Waals surface area contributed by atoms with Crippen molar-refractivity contribution >= 4 is 17.6 Å². The monoisotopic (exact) mass is 327 g/mol. The molecule has 6 nitrogen and oxygen atoms in total. The molecule has 4 N–H and O–H groups in total. The molecule has 3 amide bonds. The Kier molecular flexibility index (Phi) is 5.78. The number of anilines is 1. The predicted molar refractivity (Wildman–Crippen MR) is 93.1 cm³/mol. The van der Waals surface area contributed by atoms with Crippen molar-refractivity contribution in [3.8, 4) is 5.75 Å². The molecular formula is C18H21N3O3. The summed E-state index contributed by atoms with van der Waals surface area (Å²) in [4.78, 5) is 23.1. The third kappa shape index (κ3) is 4.74. The average Bonchev–Trinajstić information content (AvgIpc) is 2.56. The third-order valence-corrected chi connectivity index (χ3v) is 3.45. The minimum Gasteiger partial charge on any atom is -0.494 e. The van der Waals surface area contributed by atoms with Gasteiger partial charge in [-0.05, 0) is 55.8 Å². The Labute approximate surface area is 141 Å². The lowest BCUT2D eigenvalue weighted by molar-refractivity contribution is 0.0940. The van der Waals surface area contributed by atoms with Crippen LogP contribution >= 0.6 is 0 Å². The van der Waals surface area contributed by atoms with Crippen molar-refractivity contribution in [1.29, 1.82) is 0 Å². The number of carbonyl (C=O) groups excluding carboxylic acids is 2. The van der Waals surface area contributed by atoms with Gasteiger partial charge < -0.3 is 21.1 Å². The van der Waals surface area contributed by atoms with E-state index in [1.807, 2.05) is 38.1 Å². The lowest BCUT2D eigenvalue weighted by Gasteiger charge is -2.15. The number of hydrogen-bond acceptors (Lipinski definition) is 3. The van der Waals surface area contributed by atoms with Crippen molar-refractivity contribution in [3.05, 3.63) is 59.7 Å². The Morgan fingerprint density at radius 3 is 2.25 bits per heavy atom. The molecule has 6 heteroatoms. The maximum Gasteiger partial charge on any atom is 0.316 e. The molecule has 0 aliphatic carbocycles. The van der Waals surface area contributed by atoms with Gasteiger partial charge in [0.2, 0.25) is 0 Å². The number of carbonyl (C=O) groups is 2. The number of primary amides is 1. The van der Waals surface area contributed by atoms with Crippen LogP contribution in [0, 0.1) is 0 Å². The van der Waals surface area contributed by atoms with E-state index in [1.165, 1.54) is 0 Å². The highest BCUT2D eigenvalue weighted by Gasteiger charge is 2.11. The van der Waals surface area contributed by atoms with Crippen molar-refractivity contribution in [1.82, 2.24) is 5.32 Å². The summed E-state index contributed by atoms with van der Waals surface area (Å²) < 4.78 is 5.40. The zero-order valence-electron chi connectivity index (χ0n) is 13.7. The highest BCUT2D eigenvalue weighted by atomic mass is 16.5. The zero-order valence-corrected chi connectivity index (χ0v) is 13.7. The van der Waals surface area contributed by atoms with Gasteiger partial charge in [-0.3, -0.25) is 4.79 Å². The van der Waals surface area contributed by atoms with Crippen LogP contribution in [-0.4, -0.2) is 18.5 Å². The van der Waals surface area contributed by atoms with Crippen molar-refractivity contribution < 1.29 is 14.3 Å². The maximum atomic E-state index is 12.3. The van der Waals surface area contributed by atoms with Gasteiger partial charge in [0.05, 0.1) is 12.6 Å². The Morgan fingerprint density at radius 2 is 1.71 bits per heavy atom. The second-order valence-corrected chi connectivity index (χ2v) is 5.26. The van der Waals surface area contributed by atoms with Crippen LogP contribution < -0.4 is 21.1 Å². The summed E-state index contributed by atoms with van der Waals surface area (Å²) in [6.07, 6.45) is 0. The standard InChI is InChI=1S/C18H21N3O3/c1-3-24-16-10-6-13(7-11-16)12(2)20-17(22)14-4-8-15(9-5-14)21-18(19)23/h4-12H,3H2,1-2H3,(H,20,22)(H3,19,21,23). The Bertz CT molecular complexity index is 696. The van der Waals surface area contributed by atoms with E-state index in [0.29, 0.717) is 17.9 Å². The van der Waals surface area contributed by atoms with Gasteiger partial charge in [0.15, 0.2) is 0 Å². The number of ether oxygens (including phenoxy) is 1. The maximum absolute atomic E-state index is 12.3. The molecule has 126 valence electrons. The number of benzene rings is 2. The summed E-state index contributed by atoms with van der Waals surface area (Å²) in [7, 11) is 0. The van der Waals surface area contributed by atoms with Crippen LogP contribution in [0.4, 0.5) is 10.5 Å². The van der Waals surface area contributed by atoms with E-state index in [9.17, 15) is 9.59 Å². The topological polar surface area (TPSA) is 93.4 Å². The van der Waals surface area contributed by atoms with Crippen LogP contribution in [0.15, 0.2) is 48.5 Å². The van der Waals surface area contributed by atoms with Crippen molar-refractivity contribution in [3.63, 3.8) is 0 Å². The molecule has 0 bridgehead atoms. The van der Waals surface area contributed by atoms with Gasteiger partial charge in [-0.2, -0.15) is 0 Å². The third-order valence-electron chi connectivity index (χ3n) is 3.45. The van der Waals surface area contributed by atoms with Gasteiger partial charge in [0, 0.05) is 11.3 Å². The first kappa shape index (κ1) is 17.3. The molecule has 0 saturated carbocycles. The quantitative estimate of drug-likeness (QED) is 0.761. The van der Waals surface area contributed by atoms with Gasteiger partial charge >= 0.3 is 6.03 Å². The van der Waals surface area contributed by atoms with Gasteiger partial charge in [0.1, 0.15) is 5.75 Å². The van der Waals surface area contributed by atoms with E-state index >= 15 is 0 Å². The molecule has 0 aliphatic heterocycles. The van der Waals surface area contributed by atoms with Crippen LogP contribution in [0.2, 0.25) is 0 Å².